The maximum absolute atomic E-state index is 10.5. The summed E-state index contributed by atoms with van der Waals surface area (Å²) in [7, 11) is 0. The van der Waals surface area contributed by atoms with Crippen molar-refractivity contribution in [1.82, 2.24) is 14.8 Å². The van der Waals surface area contributed by atoms with Crippen LogP contribution in [0.25, 0.3) is 0 Å². The Morgan fingerprint density at radius 1 is 1.38 bits per heavy atom. The minimum atomic E-state index is 0.394. The molecule has 0 radical (unpaired) electrons. The fraction of sp³-hybridized carbons (Fsp3) is 0.0833. The molecule has 2 rings (SSSR count). The molecule has 0 atom stereocenters. The highest BCUT2D eigenvalue weighted by Gasteiger charge is 1.92. The minimum absolute atomic E-state index is 0.394. The van der Waals surface area contributed by atoms with Gasteiger partial charge in [-0.1, -0.05) is 12.0 Å². The molecule has 0 spiro atoms. The molecule has 0 bridgehead atoms. The highest BCUT2D eigenvalue weighted by atomic mass is 16.1. The minimum Gasteiger partial charge on any atom is -0.296 e. The molecule has 0 aliphatic carbocycles. The number of hydrogen-bond donors (Lipinski definition) is 0. The third-order valence-corrected chi connectivity index (χ3v) is 1.91. The molecule has 2 aromatic rings. The van der Waals surface area contributed by atoms with Gasteiger partial charge in [0.1, 0.15) is 17.9 Å². The van der Waals surface area contributed by atoms with Crippen LogP contribution in [0.2, 0.25) is 0 Å². The van der Waals surface area contributed by atoms with E-state index in [2.05, 4.69) is 21.9 Å². The quantitative estimate of drug-likeness (QED) is 0.553. The predicted molar refractivity (Wildman–Crippen MR) is 58.7 cm³/mol. The summed E-state index contributed by atoms with van der Waals surface area (Å²) in [5.74, 6) is 5.80. The second-order valence-electron chi connectivity index (χ2n) is 3.07. The van der Waals surface area contributed by atoms with E-state index in [1.165, 1.54) is 0 Å². The summed E-state index contributed by atoms with van der Waals surface area (Å²) in [6, 6.07) is 7.01. The third-order valence-electron chi connectivity index (χ3n) is 1.91. The Kier molecular flexibility index (Phi) is 3.10. The fourth-order valence-corrected chi connectivity index (χ4v) is 1.19. The Labute approximate surface area is 92.9 Å². The second kappa shape index (κ2) is 4.89. The van der Waals surface area contributed by atoms with E-state index in [4.69, 9.17) is 0 Å². The van der Waals surface area contributed by atoms with Crippen molar-refractivity contribution in [3.63, 3.8) is 0 Å². The van der Waals surface area contributed by atoms with Crippen molar-refractivity contribution >= 4 is 6.29 Å². The first kappa shape index (κ1) is 10.1. The van der Waals surface area contributed by atoms with Gasteiger partial charge in [0.25, 0.3) is 0 Å². The van der Waals surface area contributed by atoms with Crippen LogP contribution in [0.15, 0.2) is 36.7 Å². The van der Waals surface area contributed by atoms with Gasteiger partial charge >= 0.3 is 0 Å². The van der Waals surface area contributed by atoms with Gasteiger partial charge in [-0.25, -0.2) is 4.98 Å². The van der Waals surface area contributed by atoms with E-state index in [1.54, 1.807) is 29.1 Å². The lowest BCUT2D eigenvalue weighted by molar-refractivity contribution is 0.111. The van der Waals surface area contributed by atoms with Crippen molar-refractivity contribution in [1.29, 1.82) is 0 Å². The van der Waals surface area contributed by atoms with Crippen LogP contribution in [0, 0.1) is 11.8 Å². The van der Waals surface area contributed by atoms with Gasteiger partial charge in [-0.15, -0.1) is 0 Å². The van der Waals surface area contributed by atoms with E-state index in [-0.39, 0.29) is 0 Å². The first-order valence-corrected chi connectivity index (χ1v) is 4.77. The Bertz CT molecular complexity index is 535. The second-order valence-corrected chi connectivity index (χ2v) is 3.07. The molecule has 0 saturated heterocycles. The Morgan fingerprint density at radius 3 is 3.06 bits per heavy atom. The summed E-state index contributed by atoms with van der Waals surface area (Å²) in [5.41, 5.74) is 0.989. The van der Waals surface area contributed by atoms with E-state index >= 15 is 0 Å². The van der Waals surface area contributed by atoms with Crippen LogP contribution in [-0.4, -0.2) is 21.1 Å². The zero-order valence-electron chi connectivity index (χ0n) is 8.50. The van der Waals surface area contributed by atoms with Crippen molar-refractivity contribution in [2.75, 3.05) is 0 Å². The summed E-state index contributed by atoms with van der Waals surface area (Å²) in [4.78, 5) is 14.5. The van der Waals surface area contributed by atoms with Crippen LogP contribution >= 0.6 is 0 Å². The largest absolute Gasteiger partial charge is 0.296 e. The van der Waals surface area contributed by atoms with E-state index in [9.17, 15) is 4.79 Å². The van der Waals surface area contributed by atoms with Gasteiger partial charge < -0.3 is 0 Å². The van der Waals surface area contributed by atoms with Crippen molar-refractivity contribution in [2.24, 2.45) is 0 Å². The molecule has 0 aromatic carbocycles. The summed E-state index contributed by atoms with van der Waals surface area (Å²) in [5, 5.41) is 4.02. The number of carbonyl (C=O) groups excluding carboxylic acids is 1. The number of aromatic nitrogens is 3. The van der Waals surface area contributed by atoms with Gasteiger partial charge in [0.15, 0.2) is 6.29 Å². The zero-order valence-corrected chi connectivity index (χ0v) is 8.50. The van der Waals surface area contributed by atoms with Crippen LogP contribution < -0.4 is 0 Å². The molecular weight excluding hydrogens is 202 g/mol. The molecule has 0 amide bonds. The normalized spacial score (nSPS) is 9.25. The molecule has 78 valence electrons. The summed E-state index contributed by atoms with van der Waals surface area (Å²) < 4.78 is 1.72. The molecule has 0 saturated carbocycles. The van der Waals surface area contributed by atoms with E-state index in [0.717, 1.165) is 0 Å². The Balaban J connectivity index is 2.08. The molecule has 0 fully saturated rings. The highest BCUT2D eigenvalue weighted by Crippen LogP contribution is 1.95. The monoisotopic (exact) mass is 211 g/mol. The standard InChI is InChI=1S/C12H9N3O/c16-10-12-5-1-4-11(14-12)6-2-8-15-9-3-7-13-15/h1,3-5,7,9-10H,8H2. The molecule has 0 aliphatic rings. The Morgan fingerprint density at radius 2 is 2.31 bits per heavy atom. The topological polar surface area (TPSA) is 47.8 Å². The SMILES string of the molecule is O=Cc1cccc(C#CCn2cccn2)n1. The van der Waals surface area contributed by atoms with Crippen LogP contribution in [0.5, 0.6) is 0 Å². The van der Waals surface area contributed by atoms with Gasteiger partial charge in [-0.3, -0.25) is 9.48 Å². The molecule has 0 aliphatic heterocycles. The lowest BCUT2D eigenvalue weighted by atomic mass is 10.3. The lowest BCUT2D eigenvalue weighted by Crippen LogP contribution is -1.95. The third kappa shape index (κ3) is 2.55. The van der Waals surface area contributed by atoms with Gasteiger partial charge in [0.2, 0.25) is 0 Å². The van der Waals surface area contributed by atoms with Crippen LogP contribution in [0.4, 0.5) is 0 Å². The average Bonchev–Trinajstić information content (AvgIpc) is 2.82. The van der Waals surface area contributed by atoms with E-state index in [0.29, 0.717) is 24.2 Å². The molecule has 4 nitrogen and oxygen atoms in total. The maximum atomic E-state index is 10.5. The van der Waals surface area contributed by atoms with Crippen LogP contribution in [0.3, 0.4) is 0 Å². The van der Waals surface area contributed by atoms with E-state index in [1.807, 2.05) is 12.3 Å². The van der Waals surface area contributed by atoms with Crippen LogP contribution in [0.1, 0.15) is 16.2 Å². The van der Waals surface area contributed by atoms with Crippen LogP contribution in [-0.2, 0) is 6.54 Å². The molecule has 4 heteroatoms. The molecule has 2 heterocycles. The molecule has 16 heavy (non-hydrogen) atoms. The van der Waals surface area contributed by atoms with Gasteiger partial charge in [-0.05, 0) is 24.1 Å². The zero-order chi connectivity index (χ0) is 11.2. The number of rotatable bonds is 2. The molecule has 0 unspecified atom stereocenters. The molecule has 0 N–H and O–H groups in total. The predicted octanol–water partition coefficient (Wildman–Crippen LogP) is 1.14. The first-order chi connectivity index (χ1) is 7.88. The highest BCUT2D eigenvalue weighted by molar-refractivity contribution is 5.71. The number of carbonyl (C=O) groups is 1. The average molecular weight is 211 g/mol. The smallest absolute Gasteiger partial charge is 0.168 e. The van der Waals surface area contributed by atoms with Gasteiger partial charge in [-0.2, -0.15) is 5.10 Å². The molecular formula is C12H9N3O. The first-order valence-electron chi connectivity index (χ1n) is 4.77. The number of pyridine rings is 1. The number of hydrogen-bond acceptors (Lipinski definition) is 3. The maximum Gasteiger partial charge on any atom is 0.168 e. The van der Waals surface area contributed by atoms with Gasteiger partial charge in [0.05, 0.1) is 0 Å². The number of aldehydes is 1. The summed E-state index contributed by atoms with van der Waals surface area (Å²) in [6.45, 7) is 0.514. The fourth-order valence-electron chi connectivity index (χ4n) is 1.19. The van der Waals surface area contributed by atoms with E-state index < -0.39 is 0 Å². The van der Waals surface area contributed by atoms with Crippen molar-refractivity contribution < 1.29 is 4.79 Å². The summed E-state index contributed by atoms with van der Waals surface area (Å²) in [6.07, 6.45) is 4.25. The van der Waals surface area contributed by atoms with Crippen molar-refractivity contribution in [3.05, 3.63) is 48.0 Å². The molecule has 2 aromatic heterocycles. The van der Waals surface area contributed by atoms with Gasteiger partial charge in [0, 0.05) is 12.4 Å². The summed E-state index contributed by atoms with van der Waals surface area (Å²) >= 11 is 0. The Hall–Kier alpha value is -2.41. The number of nitrogens with zero attached hydrogens (tertiary/aromatic N) is 3. The van der Waals surface area contributed by atoms with Crippen molar-refractivity contribution in [3.8, 4) is 11.8 Å². The van der Waals surface area contributed by atoms with Crippen molar-refractivity contribution in [2.45, 2.75) is 6.54 Å². The lowest BCUT2D eigenvalue weighted by Gasteiger charge is -1.92.